The van der Waals surface area contributed by atoms with Gasteiger partial charge in [-0.1, -0.05) is 11.6 Å². The Morgan fingerprint density at radius 2 is 2.00 bits per heavy atom. The molecule has 0 aliphatic rings. The third-order valence-electron chi connectivity index (χ3n) is 1.76. The number of nitrogens with zero attached hydrogens (tertiary/aromatic N) is 3. The van der Waals surface area contributed by atoms with Crippen LogP contribution in [0.1, 0.15) is 11.5 Å². The lowest BCUT2D eigenvalue weighted by atomic mass is 10.0. The van der Waals surface area contributed by atoms with E-state index in [1.807, 2.05) is 0 Å². The maximum Gasteiger partial charge on any atom is 0.270 e. The molecule has 0 fully saturated rings. The van der Waals surface area contributed by atoms with Crippen molar-refractivity contribution in [1.29, 1.82) is 10.5 Å². The van der Waals surface area contributed by atoms with E-state index in [1.54, 1.807) is 12.1 Å². The fourth-order valence-electron chi connectivity index (χ4n) is 1.03. The minimum atomic E-state index is -1.00. The normalized spacial score (nSPS) is 9.33. The molecule has 1 aromatic rings. The van der Waals surface area contributed by atoms with E-state index < -0.39 is 10.8 Å². The molecule has 0 unspecified atom stereocenters. The van der Waals surface area contributed by atoms with Gasteiger partial charge in [0.15, 0.2) is 5.92 Å². The van der Waals surface area contributed by atoms with Gasteiger partial charge in [0.2, 0.25) is 0 Å². The van der Waals surface area contributed by atoms with Crippen molar-refractivity contribution in [3.63, 3.8) is 0 Å². The van der Waals surface area contributed by atoms with Gasteiger partial charge in [0.25, 0.3) is 5.69 Å². The predicted molar refractivity (Wildman–Crippen MR) is 52.1 cm³/mol. The molecule has 0 saturated heterocycles. The average molecular weight is 222 g/mol. The van der Waals surface area contributed by atoms with Crippen LogP contribution in [0.4, 0.5) is 5.69 Å². The molecule has 1 aromatic carbocycles. The van der Waals surface area contributed by atoms with Gasteiger partial charge in [-0.3, -0.25) is 10.1 Å². The predicted octanol–water partition coefficient (Wildman–Crippen LogP) is 2.38. The summed E-state index contributed by atoms with van der Waals surface area (Å²) in [6.45, 7) is 0. The molecule has 0 N–H and O–H groups in total. The molecule has 74 valence electrons. The lowest BCUT2D eigenvalue weighted by molar-refractivity contribution is -0.384. The number of rotatable bonds is 2. The van der Waals surface area contributed by atoms with Crippen molar-refractivity contribution in [2.75, 3.05) is 0 Å². The number of nitriles is 2. The fourth-order valence-corrected chi connectivity index (χ4v) is 1.32. The number of benzene rings is 1. The van der Waals surface area contributed by atoms with Crippen molar-refractivity contribution in [3.05, 3.63) is 38.9 Å². The summed E-state index contributed by atoms with van der Waals surface area (Å²) >= 11 is 5.72. The second kappa shape index (κ2) is 4.41. The summed E-state index contributed by atoms with van der Waals surface area (Å²) < 4.78 is 0. The van der Waals surface area contributed by atoms with Crippen LogP contribution >= 0.6 is 11.6 Å². The molecule has 0 aromatic heterocycles. The first-order valence-corrected chi connectivity index (χ1v) is 4.21. The smallest absolute Gasteiger partial charge is 0.258 e. The molecular weight excluding hydrogens is 218 g/mol. The molecule has 6 heteroatoms. The standard InChI is InChI=1S/C9H4ClN3O2/c10-9-3-7(13(14)15)1-2-8(9)6(4-11)5-12/h1-3,6H. The summed E-state index contributed by atoms with van der Waals surface area (Å²) in [6, 6.07) is 7.14. The Hall–Kier alpha value is -2.11. The number of nitro groups is 1. The van der Waals surface area contributed by atoms with E-state index in [4.69, 9.17) is 22.1 Å². The molecule has 15 heavy (non-hydrogen) atoms. The molecule has 1 rings (SSSR count). The Kier molecular flexibility index (Phi) is 3.22. The zero-order valence-corrected chi connectivity index (χ0v) is 8.10. The van der Waals surface area contributed by atoms with Crippen LogP contribution in [0.25, 0.3) is 0 Å². The number of halogens is 1. The largest absolute Gasteiger partial charge is 0.270 e. The van der Waals surface area contributed by atoms with E-state index in [0.29, 0.717) is 0 Å². The zero-order chi connectivity index (χ0) is 11.4. The molecular formula is C9H4ClN3O2. The van der Waals surface area contributed by atoms with Gasteiger partial charge in [0, 0.05) is 17.7 Å². The molecule has 0 spiro atoms. The molecule has 0 saturated carbocycles. The summed E-state index contributed by atoms with van der Waals surface area (Å²) in [6.07, 6.45) is 0. The summed E-state index contributed by atoms with van der Waals surface area (Å²) in [5, 5.41) is 27.7. The van der Waals surface area contributed by atoms with E-state index in [-0.39, 0.29) is 16.3 Å². The van der Waals surface area contributed by atoms with Crippen LogP contribution in [0, 0.1) is 32.8 Å². The van der Waals surface area contributed by atoms with Crippen molar-refractivity contribution in [2.24, 2.45) is 0 Å². The van der Waals surface area contributed by atoms with Gasteiger partial charge in [-0.25, -0.2) is 0 Å². The van der Waals surface area contributed by atoms with E-state index in [1.165, 1.54) is 12.1 Å². The minimum absolute atomic E-state index is 0.0531. The molecule has 0 aliphatic heterocycles. The van der Waals surface area contributed by atoms with Gasteiger partial charge in [-0.05, 0) is 6.07 Å². The van der Waals surface area contributed by atoms with Crippen LogP contribution in [0.15, 0.2) is 18.2 Å². The van der Waals surface area contributed by atoms with Crippen molar-refractivity contribution in [3.8, 4) is 12.1 Å². The third kappa shape index (κ3) is 2.22. The van der Waals surface area contributed by atoms with Crippen molar-refractivity contribution >= 4 is 17.3 Å². The molecule has 5 nitrogen and oxygen atoms in total. The van der Waals surface area contributed by atoms with E-state index in [0.717, 1.165) is 6.07 Å². The van der Waals surface area contributed by atoms with Crippen LogP contribution in [0.3, 0.4) is 0 Å². The van der Waals surface area contributed by atoms with Crippen LogP contribution < -0.4 is 0 Å². The van der Waals surface area contributed by atoms with Gasteiger partial charge in [-0.15, -0.1) is 0 Å². The molecule has 0 bridgehead atoms. The first-order chi connectivity index (χ1) is 7.10. The highest BCUT2D eigenvalue weighted by atomic mass is 35.5. The monoisotopic (exact) mass is 221 g/mol. The first-order valence-electron chi connectivity index (χ1n) is 3.83. The van der Waals surface area contributed by atoms with E-state index >= 15 is 0 Å². The van der Waals surface area contributed by atoms with Crippen LogP contribution in [-0.4, -0.2) is 4.92 Å². The highest BCUT2D eigenvalue weighted by molar-refractivity contribution is 6.31. The number of hydrogen-bond acceptors (Lipinski definition) is 4. The average Bonchev–Trinajstić information content (AvgIpc) is 2.21. The van der Waals surface area contributed by atoms with Crippen molar-refractivity contribution in [2.45, 2.75) is 5.92 Å². The molecule has 0 atom stereocenters. The Morgan fingerprint density at radius 1 is 1.40 bits per heavy atom. The Labute approximate surface area is 90.3 Å². The van der Waals surface area contributed by atoms with Crippen molar-refractivity contribution < 1.29 is 4.92 Å². The van der Waals surface area contributed by atoms with E-state index in [9.17, 15) is 10.1 Å². The lowest BCUT2D eigenvalue weighted by Gasteiger charge is -2.02. The molecule has 0 radical (unpaired) electrons. The van der Waals surface area contributed by atoms with Crippen molar-refractivity contribution in [1.82, 2.24) is 0 Å². The van der Waals surface area contributed by atoms with Gasteiger partial charge in [0.05, 0.1) is 22.1 Å². The summed E-state index contributed by atoms with van der Waals surface area (Å²) in [4.78, 5) is 9.80. The van der Waals surface area contributed by atoms with Crippen LogP contribution in [0.5, 0.6) is 0 Å². The van der Waals surface area contributed by atoms with Gasteiger partial charge >= 0.3 is 0 Å². The molecule has 0 aliphatic carbocycles. The summed E-state index contributed by atoms with van der Waals surface area (Å²) in [7, 11) is 0. The maximum atomic E-state index is 10.4. The second-order valence-electron chi connectivity index (χ2n) is 2.65. The molecule has 0 amide bonds. The fraction of sp³-hybridized carbons (Fsp3) is 0.111. The van der Waals surface area contributed by atoms with Crippen LogP contribution in [-0.2, 0) is 0 Å². The Balaban J connectivity index is 3.21. The second-order valence-corrected chi connectivity index (χ2v) is 3.06. The highest BCUT2D eigenvalue weighted by Gasteiger charge is 2.16. The number of hydrogen-bond donors (Lipinski definition) is 0. The minimum Gasteiger partial charge on any atom is -0.258 e. The highest BCUT2D eigenvalue weighted by Crippen LogP contribution is 2.27. The SMILES string of the molecule is N#CC(C#N)c1ccc([N+](=O)[O-])cc1Cl. The lowest BCUT2D eigenvalue weighted by Crippen LogP contribution is -1.95. The number of non-ortho nitro benzene ring substituents is 1. The number of nitro benzene ring substituents is 1. The summed E-state index contributed by atoms with van der Waals surface area (Å²) in [5.74, 6) is -1.00. The summed E-state index contributed by atoms with van der Waals surface area (Å²) in [5.41, 5.74) is 0.116. The van der Waals surface area contributed by atoms with Gasteiger partial charge < -0.3 is 0 Å². The van der Waals surface area contributed by atoms with Gasteiger partial charge in [-0.2, -0.15) is 10.5 Å². The van der Waals surface area contributed by atoms with Crippen LogP contribution in [0.2, 0.25) is 5.02 Å². The first kappa shape index (κ1) is 11.0. The zero-order valence-electron chi connectivity index (χ0n) is 7.35. The van der Waals surface area contributed by atoms with E-state index in [2.05, 4.69) is 0 Å². The topological polar surface area (TPSA) is 90.7 Å². The maximum absolute atomic E-state index is 10.4. The quantitative estimate of drug-likeness (QED) is 0.566. The Morgan fingerprint density at radius 3 is 2.40 bits per heavy atom. The third-order valence-corrected chi connectivity index (χ3v) is 2.09. The molecule has 0 heterocycles. The van der Waals surface area contributed by atoms with Gasteiger partial charge in [0.1, 0.15) is 0 Å². The Bertz CT molecular complexity index is 473.